The fraction of sp³-hybridized carbons (Fsp3) is 0.385. The van der Waals surface area contributed by atoms with Crippen LogP contribution in [0, 0.1) is 11.6 Å². The molecule has 1 aromatic carbocycles. The maximum Gasteiger partial charge on any atom is 0.243 e. The highest BCUT2D eigenvalue weighted by atomic mass is 19.2. The molecule has 2 amide bonds. The Balaban J connectivity index is 1.80. The molecule has 20 heavy (non-hydrogen) atoms. The number of carbonyl (C=O) groups is 2. The first-order valence-corrected chi connectivity index (χ1v) is 6.32. The number of halogens is 2. The van der Waals surface area contributed by atoms with E-state index in [1.807, 2.05) is 0 Å². The van der Waals surface area contributed by atoms with Gasteiger partial charge in [-0.15, -0.1) is 0 Å². The average Bonchev–Trinajstić information content (AvgIpc) is 2.94. The summed E-state index contributed by atoms with van der Waals surface area (Å²) in [6, 6.07) is 2.79. The topological polar surface area (TPSA) is 70.2 Å². The summed E-state index contributed by atoms with van der Waals surface area (Å²) in [5, 5.41) is 7.87. The predicted molar refractivity (Wildman–Crippen MR) is 69.0 cm³/mol. The van der Waals surface area contributed by atoms with E-state index in [0.29, 0.717) is 0 Å². The van der Waals surface area contributed by atoms with Gasteiger partial charge in [0.1, 0.15) is 0 Å². The van der Waals surface area contributed by atoms with Crippen LogP contribution in [0.5, 0.6) is 0 Å². The Labute approximate surface area is 114 Å². The van der Waals surface area contributed by atoms with E-state index in [2.05, 4.69) is 16.0 Å². The van der Waals surface area contributed by atoms with Crippen molar-refractivity contribution in [3.8, 4) is 0 Å². The molecule has 0 bridgehead atoms. The summed E-state index contributed by atoms with van der Waals surface area (Å²) >= 11 is 0. The normalized spacial score (nSPS) is 17.8. The van der Waals surface area contributed by atoms with Gasteiger partial charge in [0.15, 0.2) is 11.6 Å². The number of rotatable bonds is 4. The van der Waals surface area contributed by atoms with Crippen molar-refractivity contribution < 1.29 is 18.4 Å². The van der Waals surface area contributed by atoms with Crippen molar-refractivity contribution in [2.75, 3.05) is 18.4 Å². The quantitative estimate of drug-likeness (QED) is 0.764. The fourth-order valence-corrected chi connectivity index (χ4v) is 1.98. The smallest absolute Gasteiger partial charge is 0.243 e. The molecule has 3 N–H and O–H groups in total. The van der Waals surface area contributed by atoms with E-state index in [-0.39, 0.29) is 24.2 Å². The molecule has 0 spiro atoms. The second-order valence-electron chi connectivity index (χ2n) is 4.54. The molecule has 5 nitrogen and oxygen atoms in total. The molecule has 1 unspecified atom stereocenters. The molecule has 0 aromatic heterocycles. The minimum Gasteiger partial charge on any atom is -0.346 e. The molecule has 0 aliphatic carbocycles. The van der Waals surface area contributed by atoms with Crippen LogP contribution >= 0.6 is 0 Å². The first kappa shape index (κ1) is 14.4. The zero-order chi connectivity index (χ0) is 14.5. The number of nitrogens with one attached hydrogen (secondary N) is 3. The van der Waals surface area contributed by atoms with Gasteiger partial charge in [-0.2, -0.15) is 0 Å². The monoisotopic (exact) mass is 283 g/mol. The molecule has 1 heterocycles. The largest absolute Gasteiger partial charge is 0.346 e. The van der Waals surface area contributed by atoms with Crippen molar-refractivity contribution in [1.29, 1.82) is 0 Å². The van der Waals surface area contributed by atoms with E-state index < -0.39 is 17.5 Å². The number of carbonyl (C=O) groups excluding carboxylic acids is 2. The Morgan fingerprint density at radius 2 is 2.10 bits per heavy atom. The third-order valence-corrected chi connectivity index (χ3v) is 3.00. The van der Waals surface area contributed by atoms with Gasteiger partial charge in [0, 0.05) is 11.8 Å². The SMILES string of the molecule is O=C(CNC(=O)C1CCCN1)Nc1ccc(F)c(F)c1. The lowest BCUT2D eigenvalue weighted by molar-refractivity contribution is -0.125. The maximum absolute atomic E-state index is 12.9. The number of hydrogen-bond donors (Lipinski definition) is 3. The third-order valence-electron chi connectivity index (χ3n) is 3.00. The summed E-state index contributed by atoms with van der Waals surface area (Å²) in [5.41, 5.74) is 0.141. The molecule has 1 saturated heterocycles. The standard InChI is InChI=1S/C13H15F2N3O2/c14-9-4-3-8(6-10(9)15)18-12(19)7-17-13(20)11-2-1-5-16-11/h3-4,6,11,16H,1-2,5,7H2,(H,17,20)(H,18,19). The van der Waals surface area contributed by atoms with Crippen LogP contribution in [0.2, 0.25) is 0 Å². The zero-order valence-electron chi connectivity index (χ0n) is 10.7. The lowest BCUT2D eigenvalue weighted by atomic mass is 10.2. The van der Waals surface area contributed by atoms with E-state index in [1.165, 1.54) is 6.07 Å². The number of benzene rings is 1. The van der Waals surface area contributed by atoms with E-state index >= 15 is 0 Å². The molecular weight excluding hydrogens is 268 g/mol. The van der Waals surface area contributed by atoms with Gasteiger partial charge in [0.25, 0.3) is 0 Å². The van der Waals surface area contributed by atoms with Crippen molar-refractivity contribution in [3.05, 3.63) is 29.8 Å². The lowest BCUT2D eigenvalue weighted by Gasteiger charge is -2.11. The Morgan fingerprint density at radius 1 is 1.30 bits per heavy atom. The van der Waals surface area contributed by atoms with Gasteiger partial charge >= 0.3 is 0 Å². The molecule has 1 atom stereocenters. The average molecular weight is 283 g/mol. The van der Waals surface area contributed by atoms with Crippen LogP contribution < -0.4 is 16.0 Å². The second-order valence-corrected chi connectivity index (χ2v) is 4.54. The van der Waals surface area contributed by atoms with E-state index in [0.717, 1.165) is 31.5 Å². The van der Waals surface area contributed by atoms with E-state index in [4.69, 9.17) is 0 Å². The van der Waals surface area contributed by atoms with Crippen LogP contribution in [0.1, 0.15) is 12.8 Å². The molecule has 1 aliphatic heterocycles. The van der Waals surface area contributed by atoms with Gasteiger partial charge in [-0.05, 0) is 31.5 Å². The Kier molecular flexibility index (Phi) is 4.62. The highest BCUT2D eigenvalue weighted by Crippen LogP contribution is 2.12. The molecule has 0 saturated carbocycles. The first-order chi connectivity index (χ1) is 9.56. The predicted octanol–water partition coefficient (Wildman–Crippen LogP) is 0.771. The second kappa shape index (κ2) is 6.42. The zero-order valence-corrected chi connectivity index (χ0v) is 10.7. The van der Waals surface area contributed by atoms with Crippen LogP contribution in [0.4, 0.5) is 14.5 Å². The Bertz CT molecular complexity index is 516. The summed E-state index contributed by atoms with van der Waals surface area (Å²) in [4.78, 5) is 23.2. The van der Waals surface area contributed by atoms with Crippen molar-refractivity contribution in [3.63, 3.8) is 0 Å². The van der Waals surface area contributed by atoms with Gasteiger partial charge in [-0.25, -0.2) is 8.78 Å². The summed E-state index contributed by atoms with van der Waals surface area (Å²) in [6.07, 6.45) is 1.68. The van der Waals surface area contributed by atoms with Crippen LogP contribution in [0.15, 0.2) is 18.2 Å². The number of amides is 2. The summed E-state index contributed by atoms with van der Waals surface area (Å²) < 4.78 is 25.7. The van der Waals surface area contributed by atoms with Crippen molar-refractivity contribution in [2.45, 2.75) is 18.9 Å². The molecule has 0 radical (unpaired) electrons. The highest BCUT2D eigenvalue weighted by molar-refractivity contribution is 5.95. The minimum atomic E-state index is -1.04. The summed E-state index contributed by atoms with van der Waals surface area (Å²) in [5.74, 6) is -2.75. The van der Waals surface area contributed by atoms with Gasteiger partial charge in [-0.3, -0.25) is 9.59 Å². The Hall–Kier alpha value is -2.02. The summed E-state index contributed by atoms with van der Waals surface area (Å²) in [7, 11) is 0. The van der Waals surface area contributed by atoms with Crippen LogP contribution in [0.25, 0.3) is 0 Å². The number of hydrogen-bond acceptors (Lipinski definition) is 3. The molecular formula is C13H15F2N3O2. The lowest BCUT2D eigenvalue weighted by Crippen LogP contribution is -2.43. The van der Waals surface area contributed by atoms with Crippen molar-refractivity contribution in [2.24, 2.45) is 0 Å². The van der Waals surface area contributed by atoms with Gasteiger partial charge in [-0.1, -0.05) is 0 Å². The van der Waals surface area contributed by atoms with Gasteiger partial charge in [0.05, 0.1) is 12.6 Å². The molecule has 108 valence electrons. The first-order valence-electron chi connectivity index (χ1n) is 6.32. The van der Waals surface area contributed by atoms with Crippen LogP contribution in [-0.2, 0) is 9.59 Å². The molecule has 1 fully saturated rings. The fourth-order valence-electron chi connectivity index (χ4n) is 1.98. The van der Waals surface area contributed by atoms with Crippen molar-refractivity contribution in [1.82, 2.24) is 10.6 Å². The molecule has 1 aliphatic rings. The van der Waals surface area contributed by atoms with Crippen LogP contribution in [0.3, 0.4) is 0 Å². The maximum atomic E-state index is 12.9. The van der Waals surface area contributed by atoms with E-state index in [1.54, 1.807) is 0 Å². The van der Waals surface area contributed by atoms with Gasteiger partial charge < -0.3 is 16.0 Å². The van der Waals surface area contributed by atoms with Gasteiger partial charge in [0.2, 0.25) is 11.8 Å². The van der Waals surface area contributed by atoms with Crippen LogP contribution in [-0.4, -0.2) is 30.9 Å². The molecule has 7 heteroatoms. The third kappa shape index (κ3) is 3.74. The molecule has 1 aromatic rings. The molecule has 2 rings (SSSR count). The minimum absolute atomic E-state index is 0.141. The summed E-state index contributed by atoms with van der Waals surface area (Å²) in [6.45, 7) is 0.579. The number of anilines is 1. The Morgan fingerprint density at radius 3 is 2.75 bits per heavy atom. The van der Waals surface area contributed by atoms with E-state index in [9.17, 15) is 18.4 Å². The highest BCUT2D eigenvalue weighted by Gasteiger charge is 2.22. The van der Waals surface area contributed by atoms with Crippen molar-refractivity contribution >= 4 is 17.5 Å².